The van der Waals surface area contributed by atoms with Crippen molar-refractivity contribution in [1.29, 1.82) is 0 Å². The molecule has 0 radical (unpaired) electrons. The average molecular weight is 314 g/mol. The van der Waals surface area contributed by atoms with E-state index in [0.29, 0.717) is 17.3 Å². The lowest BCUT2D eigenvalue weighted by Gasteiger charge is -2.08. The number of aromatic nitrogens is 3. The fourth-order valence-corrected chi connectivity index (χ4v) is 3.08. The van der Waals surface area contributed by atoms with Crippen LogP contribution >= 0.6 is 0 Å². The smallest absolute Gasteiger partial charge is 0.261 e. The topological polar surface area (TPSA) is 87.7 Å². The van der Waals surface area contributed by atoms with Crippen LogP contribution in [0.25, 0.3) is 11.4 Å². The maximum Gasteiger partial charge on any atom is 0.261 e. The number of anilines is 1. The average Bonchev–Trinajstić information content (AvgIpc) is 2.95. The molecule has 0 amide bonds. The highest BCUT2D eigenvalue weighted by Crippen LogP contribution is 2.21. The highest BCUT2D eigenvalue weighted by Gasteiger charge is 2.14. The third kappa shape index (κ3) is 2.99. The van der Waals surface area contributed by atoms with Crippen LogP contribution in [0, 0.1) is 6.92 Å². The van der Waals surface area contributed by atoms with Crippen molar-refractivity contribution in [2.24, 2.45) is 0 Å². The predicted molar refractivity (Wildman–Crippen MR) is 83.8 cm³/mol. The molecule has 0 unspecified atom stereocenters. The van der Waals surface area contributed by atoms with E-state index in [1.54, 1.807) is 55.5 Å². The van der Waals surface area contributed by atoms with Gasteiger partial charge in [-0.1, -0.05) is 30.3 Å². The molecule has 0 bridgehead atoms. The van der Waals surface area contributed by atoms with Gasteiger partial charge >= 0.3 is 0 Å². The van der Waals surface area contributed by atoms with Crippen LogP contribution < -0.4 is 4.72 Å². The first-order valence-electron chi connectivity index (χ1n) is 6.62. The third-order valence-corrected chi connectivity index (χ3v) is 4.42. The van der Waals surface area contributed by atoms with Crippen LogP contribution in [-0.2, 0) is 10.0 Å². The van der Waals surface area contributed by atoms with Crippen LogP contribution in [0.4, 0.5) is 5.69 Å². The molecule has 0 saturated heterocycles. The van der Waals surface area contributed by atoms with Crippen molar-refractivity contribution in [1.82, 2.24) is 15.2 Å². The van der Waals surface area contributed by atoms with E-state index in [9.17, 15) is 8.42 Å². The summed E-state index contributed by atoms with van der Waals surface area (Å²) in [4.78, 5) is 4.45. The van der Waals surface area contributed by atoms with Gasteiger partial charge in [0.15, 0.2) is 5.82 Å². The molecule has 3 rings (SSSR count). The number of nitrogens with zero attached hydrogens (tertiary/aromatic N) is 2. The molecular weight excluding hydrogens is 300 g/mol. The number of sulfonamides is 1. The minimum Gasteiger partial charge on any atom is -0.280 e. The van der Waals surface area contributed by atoms with Gasteiger partial charge in [-0.2, -0.15) is 5.10 Å². The summed E-state index contributed by atoms with van der Waals surface area (Å²) in [5.41, 5.74) is 1.20. The van der Waals surface area contributed by atoms with Crippen LogP contribution in [0.3, 0.4) is 0 Å². The van der Waals surface area contributed by atoms with Crippen LogP contribution in [-0.4, -0.2) is 23.6 Å². The molecule has 1 heterocycles. The number of rotatable bonds is 4. The first kappa shape index (κ1) is 14.3. The summed E-state index contributed by atoms with van der Waals surface area (Å²) in [6, 6.07) is 15.2. The first-order chi connectivity index (χ1) is 10.5. The quantitative estimate of drug-likeness (QED) is 0.775. The van der Waals surface area contributed by atoms with E-state index in [0.717, 1.165) is 5.56 Å². The molecule has 1 aromatic heterocycles. The van der Waals surface area contributed by atoms with Crippen molar-refractivity contribution in [2.45, 2.75) is 11.8 Å². The third-order valence-electron chi connectivity index (χ3n) is 3.02. The zero-order valence-electron chi connectivity index (χ0n) is 11.8. The van der Waals surface area contributed by atoms with Crippen molar-refractivity contribution in [3.63, 3.8) is 0 Å². The molecule has 22 heavy (non-hydrogen) atoms. The Morgan fingerprint density at radius 1 is 1.05 bits per heavy atom. The minimum absolute atomic E-state index is 0.217. The van der Waals surface area contributed by atoms with Gasteiger partial charge in [0, 0.05) is 11.3 Å². The monoisotopic (exact) mass is 314 g/mol. The van der Waals surface area contributed by atoms with Crippen molar-refractivity contribution in [3.05, 3.63) is 60.4 Å². The molecule has 0 aliphatic rings. The van der Waals surface area contributed by atoms with Gasteiger partial charge in [-0.15, -0.1) is 0 Å². The van der Waals surface area contributed by atoms with Gasteiger partial charge in [0.05, 0.1) is 4.90 Å². The largest absolute Gasteiger partial charge is 0.280 e. The summed E-state index contributed by atoms with van der Waals surface area (Å²) in [6.45, 7) is 1.80. The SMILES string of the molecule is Cc1nc(-c2cccc(NS(=O)(=O)c3ccccc3)c2)n[nH]1. The molecule has 0 aliphatic carbocycles. The molecule has 112 valence electrons. The van der Waals surface area contributed by atoms with E-state index in [-0.39, 0.29) is 4.90 Å². The summed E-state index contributed by atoms with van der Waals surface area (Å²) >= 11 is 0. The van der Waals surface area contributed by atoms with E-state index in [1.807, 2.05) is 6.07 Å². The molecule has 6 nitrogen and oxygen atoms in total. The minimum atomic E-state index is -3.61. The van der Waals surface area contributed by atoms with Gasteiger partial charge in [-0.25, -0.2) is 13.4 Å². The Morgan fingerprint density at radius 3 is 2.50 bits per heavy atom. The first-order valence-corrected chi connectivity index (χ1v) is 8.10. The molecule has 2 aromatic carbocycles. The normalized spacial score (nSPS) is 11.3. The maximum absolute atomic E-state index is 12.3. The lowest BCUT2D eigenvalue weighted by Crippen LogP contribution is -2.12. The van der Waals surface area contributed by atoms with Crippen molar-refractivity contribution >= 4 is 15.7 Å². The molecule has 0 spiro atoms. The van der Waals surface area contributed by atoms with Crippen molar-refractivity contribution in [3.8, 4) is 11.4 Å². The molecule has 7 heteroatoms. The molecule has 0 saturated carbocycles. The highest BCUT2D eigenvalue weighted by molar-refractivity contribution is 7.92. The van der Waals surface area contributed by atoms with Gasteiger partial charge in [-0.05, 0) is 31.2 Å². The fraction of sp³-hybridized carbons (Fsp3) is 0.0667. The van der Waals surface area contributed by atoms with E-state index in [4.69, 9.17) is 0 Å². The van der Waals surface area contributed by atoms with Crippen LogP contribution in [0.5, 0.6) is 0 Å². The van der Waals surface area contributed by atoms with E-state index < -0.39 is 10.0 Å². The van der Waals surface area contributed by atoms with Gasteiger partial charge in [0.25, 0.3) is 10.0 Å². The maximum atomic E-state index is 12.3. The second-order valence-electron chi connectivity index (χ2n) is 4.74. The molecule has 0 atom stereocenters. The van der Waals surface area contributed by atoms with E-state index in [2.05, 4.69) is 19.9 Å². The fourth-order valence-electron chi connectivity index (χ4n) is 2.01. The van der Waals surface area contributed by atoms with Crippen LogP contribution in [0.2, 0.25) is 0 Å². The summed E-state index contributed by atoms with van der Waals surface area (Å²) in [6.07, 6.45) is 0. The Balaban J connectivity index is 1.90. The predicted octanol–water partition coefficient (Wildman–Crippen LogP) is 2.58. The number of H-pyrrole nitrogens is 1. The van der Waals surface area contributed by atoms with Crippen LogP contribution in [0.1, 0.15) is 5.82 Å². The van der Waals surface area contributed by atoms with Crippen molar-refractivity contribution in [2.75, 3.05) is 4.72 Å². The van der Waals surface area contributed by atoms with Crippen molar-refractivity contribution < 1.29 is 8.42 Å². The number of nitrogens with one attached hydrogen (secondary N) is 2. The lowest BCUT2D eigenvalue weighted by atomic mass is 10.2. The zero-order chi connectivity index (χ0) is 15.6. The van der Waals surface area contributed by atoms with Crippen LogP contribution in [0.15, 0.2) is 59.5 Å². The number of aromatic amines is 1. The number of hydrogen-bond donors (Lipinski definition) is 2. The Labute approximate surface area is 128 Å². The molecule has 0 aliphatic heterocycles. The number of hydrogen-bond acceptors (Lipinski definition) is 4. The second kappa shape index (κ2) is 5.61. The lowest BCUT2D eigenvalue weighted by molar-refractivity contribution is 0.601. The molecule has 0 fully saturated rings. The Morgan fingerprint density at radius 2 is 1.82 bits per heavy atom. The standard InChI is InChI=1S/C15H14N4O2S/c1-11-16-15(18-17-11)12-6-5-7-13(10-12)19-22(20,21)14-8-3-2-4-9-14/h2-10,19H,1H3,(H,16,17,18). The summed E-state index contributed by atoms with van der Waals surface area (Å²) < 4.78 is 27.2. The van der Waals surface area contributed by atoms with Gasteiger partial charge in [0.1, 0.15) is 5.82 Å². The Kier molecular flexibility index (Phi) is 3.64. The molecular formula is C15H14N4O2S. The Hall–Kier alpha value is -2.67. The van der Waals surface area contributed by atoms with E-state index >= 15 is 0 Å². The number of aryl methyl sites for hydroxylation is 1. The molecule has 2 N–H and O–H groups in total. The zero-order valence-corrected chi connectivity index (χ0v) is 12.6. The highest BCUT2D eigenvalue weighted by atomic mass is 32.2. The van der Waals surface area contributed by atoms with Gasteiger partial charge in [0.2, 0.25) is 0 Å². The Bertz CT molecular complexity index is 889. The summed E-state index contributed by atoms with van der Waals surface area (Å²) in [5, 5.41) is 6.83. The second-order valence-corrected chi connectivity index (χ2v) is 6.43. The summed E-state index contributed by atoms with van der Waals surface area (Å²) in [7, 11) is -3.61. The van der Waals surface area contributed by atoms with E-state index in [1.165, 1.54) is 0 Å². The van der Waals surface area contributed by atoms with Gasteiger partial charge < -0.3 is 0 Å². The summed E-state index contributed by atoms with van der Waals surface area (Å²) in [5.74, 6) is 1.23. The molecule has 3 aromatic rings. The van der Waals surface area contributed by atoms with Gasteiger partial charge in [-0.3, -0.25) is 9.82 Å². The number of benzene rings is 2.